The average Bonchev–Trinajstić information content (AvgIpc) is 3.09. The van der Waals surface area contributed by atoms with Crippen molar-refractivity contribution in [3.63, 3.8) is 0 Å². The van der Waals surface area contributed by atoms with Gasteiger partial charge in [-0.05, 0) is 29.8 Å². The molecule has 1 amide bonds. The molecule has 3 rings (SSSR count). The van der Waals surface area contributed by atoms with E-state index in [-0.39, 0.29) is 17.9 Å². The van der Waals surface area contributed by atoms with Gasteiger partial charge in [-0.25, -0.2) is 4.79 Å². The number of nitro groups is 1. The molecule has 0 radical (unpaired) electrons. The number of nitro benzene ring substituents is 1. The van der Waals surface area contributed by atoms with Crippen molar-refractivity contribution in [2.45, 2.75) is 19.6 Å². The molecule has 0 saturated carbocycles. The number of nitrogens with one attached hydrogen (secondary N) is 1. The molecule has 7 nitrogen and oxygen atoms in total. The lowest BCUT2D eigenvalue weighted by Gasteiger charge is -2.13. The first kappa shape index (κ1) is 18.5. The molecule has 2 aromatic carbocycles. The lowest BCUT2D eigenvalue weighted by Crippen LogP contribution is -2.39. The number of hydrogen-bond acceptors (Lipinski definition) is 6. The Morgan fingerprint density at radius 3 is 2.78 bits per heavy atom. The zero-order valence-electron chi connectivity index (χ0n) is 14.4. The van der Waals surface area contributed by atoms with Gasteiger partial charge in [0, 0.05) is 28.0 Å². The molecule has 0 unspecified atom stereocenters. The highest BCUT2D eigenvalue weighted by atomic mass is 32.1. The fourth-order valence-corrected chi connectivity index (χ4v) is 3.47. The number of nitrogens with zero attached hydrogens (tertiary/aromatic N) is 1. The Morgan fingerprint density at radius 2 is 2.00 bits per heavy atom. The van der Waals surface area contributed by atoms with Gasteiger partial charge in [0.15, 0.2) is 0 Å². The van der Waals surface area contributed by atoms with Gasteiger partial charge < -0.3 is 10.1 Å². The number of benzene rings is 2. The summed E-state index contributed by atoms with van der Waals surface area (Å²) < 4.78 is 6.41. The Balaban J connectivity index is 1.59. The first-order valence-corrected chi connectivity index (χ1v) is 9.00. The van der Waals surface area contributed by atoms with Gasteiger partial charge in [0.1, 0.15) is 12.6 Å². The SMILES string of the molecule is C[C@H](NC(=O)c1cccc([N+](=O)[O-])c1)C(=O)OCc1csc2ccccc12. The monoisotopic (exact) mass is 384 g/mol. The fraction of sp³-hybridized carbons (Fsp3) is 0.158. The van der Waals surface area contributed by atoms with Crippen LogP contribution in [-0.2, 0) is 16.1 Å². The summed E-state index contributed by atoms with van der Waals surface area (Å²) in [5, 5.41) is 16.3. The molecule has 0 fully saturated rings. The fourth-order valence-electron chi connectivity index (χ4n) is 2.52. The van der Waals surface area contributed by atoms with Crippen molar-refractivity contribution >= 4 is 39.0 Å². The predicted molar refractivity (Wildman–Crippen MR) is 102 cm³/mol. The molecule has 0 spiro atoms. The van der Waals surface area contributed by atoms with E-state index in [0.29, 0.717) is 0 Å². The second-order valence-electron chi connectivity index (χ2n) is 5.87. The van der Waals surface area contributed by atoms with Crippen molar-refractivity contribution in [1.29, 1.82) is 0 Å². The van der Waals surface area contributed by atoms with E-state index in [2.05, 4.69) is 5.32 Å². The highest BCUT2D eigenvalue weighted by Crippen LogP contribution is 2.26. The first-order valence-electron chi connectivity index (χ1n) is 8.13. The maximum atomic E-state index is 12.2. The van der Waals surface area contributed by atoms with E-state index >= 15 is 0 Å². The number of esters is 1. The summed E-state index contributed by atoms with van der Waals surface area (Å²) in [6.45, 7) is 1.61. The van der Waals surface area contributed by atoms with Crippen molar-refractivity contribution in [3.05, 3.63) is 75.2 Å². The minimum Gasteiger partial charge on any atom is -0.459 e. The van der Waals surface area contributed by atoms with Crippen LogP contribution in [-0.4, -0.2) is 22.8 Å². The molecule has 1 N–H and O–H groups in total. The Bertz CT molecular complexity index is 1010. The number of ether oxygens (including phenoxy) is 1. The van der Waals surface area contributed by atoms with Gasteiger partial charge >= 0.3 is 5.97 Å². The van der Waals surface area contributed by atoms with Crippen molar-refractivity contribution in [1.82, 2.24) is 5.32 Å². The van der Waals surface area contributed by atoms with Crippen LogP contribution >= 0.6 is 11.3 Å². The topological polar surface area (TPSA) is 98.5 Å². The largest absolute Gasteiger partial charge is 0.459 e. The maximum Gasteiger partial charge on any atom is 0.328 e. The summed E-state index contributed by atoms with van der Waals surface area (Å²) in [5.41, 5.74) is 0.816. The van der Waals surface area contributed by atoms with E-state index in [9.17, 15) is 19.7 Å². The van der Waals surface area contributed by atoms with Gasteiger partial charge in [0.25, 0.3) is 11.6 Å². The maximum absolute atomic E-state index is 12.2. The van der Waals surface area contributed by atoms with Crippen LogP contribution in [0.15, 0.2) is 53.9 Å². The number of carbonyl (C=O) groups is 2. The van der Waals surface area contributed by atoms with Gasteiger partial charge in [-0.3, -0.25) is 14.9 Å². The number of fused-ring (bicyclic) bond motifs is 1. The van der Waals surface area contributed by atoms with E-state index in [1.165, 1.54) is 25.1 Å². The smallest absolute Gasteiger partial charge is 0.328 e. The summed E-state index contributed by atoms with van der Waals surface area (Å²) >= 11 is 1.57. The van der Waals surface area contributed by atoms with Crippen molar-refractivity contribution in [3.8, 4) is 0 Å². The minimum absolute atomic E-state index is 0.104. The third kappa shape index (κ3) is 4.29. The van der Waals surface area contributed by atoms with Gasteiger partial charge in [0.2, 0.25) is 0 Å². The number of hydrogen-bond donors (Lipinski definition) is 1. The van der Waals surface area contributed by atoms with E-state index in [1.807, 2.05) is 29.6 Å². The number of non-ortho nitro benzene ring substituents is 1. The molecule has 8 heteroatoms. The zero-order valence-corrected chi connectivity index (χ0v) is 15.2. The Morgan fingerprint density at radius 1 is 1.22 bits per heavy atom. The molecule has 0 bridgehead atoms. The molecule has 1 heterocycles. The van der Waals surface area contributed by atoms with Crippen LogP contribution in [0.4, 0.5) is 5.69 Å². The average molecular weight is 384 g/mol. The molecule has 138 valence electrons. The summed E-state index contributed by atoms with van der Waals surface area (Å²) in [6, 6.07) is 12.2. The number of amides is 1. The van der Waals surface area contributed by atoms with Crippen molar-refractivity contribution < 1.29 is 19.2 Å². The van der Waals surface area contributed by atoms with Crippen LogP contribution in [0.1, 0.15) is 22.8 Å². The third-order valence-electron chi connectivity index (χ3n) is 3.95. The van der Waals surface area contributed by atoms with Crippen LogP contribution in [0, 0.1) is 10.1 Å². The van der Waals surface area contributed by atoms with Crippen LogP contribution < -0.4 is 5.32 Å². The molecular weight excluding hydrogens is 368 g/mol. The van der Waals surface area contributed by atoms with Crippen LogP contribution in [0.25, 0.3) is 10.1 Å². The standard InChI is InChI=1S/C19H16N2O5S/c1-12(20-18(22)13-5-4-6-15(9-13)21(24)25)19(23)26-10-14-11-27-17-8-3-2-7-16(14)17/h2-9,11-12H,10H2,1H3,(H,20,22)/t12-/m0/s1. The molecule has 1 aromatic heterocycles. The molecule has 0 aliphatic rings. The molecule has 1 atom stereocenters. The van der Waals surface area contributed by atoms with Crippen LogP contribution in [0.2, 0.25) is 0 Å². The first-order chi connectivity index (χ1) is 13.0. The van der Waals surface area contributed by atoms with Gasteiger partial charge in [-0.1, -0.05) is 24.3 Å². The van der Waals surface area contributed by atoms with Crippen molar-refractivity contribution in [2.24, 2.45) is 0 Å². The third-order valence-corrected chi connectivity index (χ3v) is 4.96. The second-order valence-corrected chi connectivity index (χ2v) is 6.78. The zero-order chi connectivity index (χ0) is 19.4. The van der Waals surface area contributed by atoms with Gasteiger partial charge in [0.05, 0.1) is 4.92 Å². The molecule has 0 aliphatic heterocycles. The van der Waals surface area contributed by atoms with E-state index < -0.39 is 22.8 Å². The van der Waals surface area contributed by atoms with Crippen LogP contribution in [0.5, 0.6) is 0 Å². The lowest BCUT2D eigenvalue weighted by molar-refractivity contribution is -0.384. The lowest BCUT2D eigenvalue weighted by atomic mass is 10.2. The molecule has 27 heavy (non-hydrogen) atoms. The predicted octanol–water partition coefficient (Wildman–Crippen LogP) is 3.67. The van der Waals surface area contributed by atoms with Crippen molar-refractivity contribution in [2.75, 3.05) is 0 Å². The summed E-state index contributed by atoms with van der Waals surface area (Å²) in [7, 11) is 0. The Labute approximate surface area is 158 Å². The van der Waals surface area contributed by atoms with Gasteiger partial charge in [-0.15, -0.1) is 11.3 Å². The minimum atomic E-state index is -0.887. The summed E-state index contributed by atoms with van der Waals surface area (Å²) in [4.78, 5) is 34.6. The molecular formula is C19H16N2O5S. The Hall–Kier alpha value is -3.26. The Kier molecular flexibility index (Phi) is 5.46. The number of carbonyl (C=O) groups excluding carboxylic acids is 2. The summed E-state index contributed by atoms with van der Waals surface area (Å²) in [6.07, 6.45) is 0. The molecule has 0 saturated heterocycles. The van der Waals surface area contributed by atoms with E-state index in [1.54, 1.807) is 11.3 Å². The van der Waals surface area contributed by atoms with Crippen LogP contribution in [0.3, 0.4) is 0 Å². The van der Waals surface area contributed by atoms with E-state index in [0.717, 1.165) is 21.7 Å². The number of thiophene rings is 1. The molecule has 0 aliphatic carbocycles. The quantitative estimate of drug-likeness (QED) is 0.397. The van der Waals surface area contributed by atoms with Gasteiger partial charge in [-0.2, -0.15) is 0 Å². The summed E-state index contributed by atoms with van der Waals surface area (Å²) in [5.74, 6) is -1.16. The van der Waals surface area contributed by atoms with E-state index in [4.69, 9.17) is 4.74 Å². The molecule has 3 aromatic rings. The second kappa shape index (κ2) is 7.96. The number of rotatable bonds is 6. The normalized spacial score (nSPS) is 11.7. The highest BCUT2D eigenvalue weighted by molar-refractivity contribution is 7.17. The highest BCUT2D eigenvalue weighted by Gasteiger charge is 2.20.